The molecule has 0 bridgehead atoms. The average Bonchev–Trinajstić information content (AvgIpc) is 2.52. The molecule has 0 fully saturated rings. The standard InChI is InChI=1S/C16H13FN2O3/c1-19(15(20)13-4-2-3-5-14(13)17)18-10-11-6-8-12(9-7-11)16(21)22/h2-10H,1H3,(H,21,22)/b18-10+. The summed E-state index contributed by atoms with van der Waals surface area (Å²) in [5, 5.41) is 13.7. The molecule has 2 aromatic carbocycles. The molecule has 0 aromatic heterocycles. The zero-order valence-corrected chi connectivity index (χ0v) is 11.7. The minimum absolute atomic E-state index is 0.0663. The van der Waals surface area contributed by atoms with Gasteiger partial charge in [-0.2, -0.15) is 5.10 Å². The van der Waals surface area contributed by atoms with Crippen molar-refractivity contribution in [2.45, 2.75) is 0 Å². The number of hydrogen-bond donors (Lipinski definition) is 1. The van der Waals surface area contributed by atoms with Crippen molar-refractivity contribution in [3.05, 3.63) is 71.0 Å². The van der Waals surface area contributed by atoms with Crippen LogP contribution in [0.5, 0.6) is 0 Å². The van der Waals surface area contributed by atoms with E-state index in [0.717, 1.165) is 5.01 Å². The van der Waals surface area contributed by atoms with Crippen molar-refractivity contribution in [1.82, 2.24) is 5.01 Å². The topological polar surface area (TPSA) is 70.0 Å². The van der Waals surface area contributed by atoms with E-state index in [-0.39, 0.29) is 11.1 Å². The van der Waals surface area contributed by atoms with Crippen molar-refractivity contribution < 1.29 is 19.1 Å². The quantitative estimate of drug-likeness (QED) is 0.697. The van der Waals surface area contributed by atoms with Crippen LogP contribution in [0.3, 0.4) is 0 Å². The van der Waals surface area contributed by atoms with Crippen molar-refractivity contribution in [3.63, 3.8) is 0 Å². The third-order valence-corrected chi connectivity index (χ3v) is 2.94. The van der Waals surface area contributed by atoms with Crippen LogP contribution in [-0.4, -0.2) is 35.3 Å². The normalized spacial score (nSPS) is 10.6. The van der Waals surface area contributed by atoms with Crippen molar-refractivity contribution in [2.75, 3.05) is 7.05 Å². The zero-order valence-electron chi connectivity index (χ0n) is 11.7. The fourth-order valence-corrected chi connectivity index (χ4v) is 1.73. The van der Waals surface area contributed by atoms with Gasteiger partial charge in [0, 0.05) is 7.05 Å². The van der Waals surface area contributed by atoms with E-state index >= 15 is 0 Å². The molecule has 0 radical (unpaired) electrons. The summed E-state index contributed by atoms with van der Waals surface area (Å²) < 4.78 is 13.5. The molecule has 5 nitrogen and oxygen atoms in total. The van der Waals surface area contributed by atoms with Crippen LogP contribution in [0.2, 0.25) is 0 Å². The Balaban J connectivity index is 2.11. The molecule has 0 aliphatic heterocycles. The molecular formula is C16H13FN2O3. The number of aromatic carboxylic acids is 1. The van der Waals surface area contributed by atoms with E-state index in [2.05, 4.69) is 5.10 Å². The van der Waals surface area contributed by atoms with Crippen LogP contribution in [0.1, 0.15) is 26.3 Å². The molecule has 6 heteroatoms. The highest BCUT2D eigenvalue weighted by Gasteiger charge is 2.14. The molecule has 2 rings (SSSR count). The van der Waals surface area contributed by atoms with Crippen LogP contribution in [0, 0.1) is 5.82 Å². The molecule has 2 aromatic rings. The maximum Gasteiger partial charge on any atom is 0.335 e. The highest BCUT2D eigenvalue weighted by Crippen LogP contribution is 2.09. The molecular weight excluding hydrogens is 287 g/mol. The lowest BCUT2D eigenvalue weighted by atomic mass is 10.1. The first-order chi connectivity index (χ1) is 10.5. The fourth-order valence-electron chi connectivity index (χ4n) is 1.73. The molecule has 0 spiro atoms. The first-order valence-electron chi connectivity index (χ1n) is 6.39. The minimum atomic E-state index is -1.02. The lowest BCUT2D eigenvalue weighted by Crippen LogP contribution is -2.22. The number of carbonyl (C=O) groups excluding carboxylic acids is 1. The van der Waals surface area contributed by atoms with Gasteiger partial charge in [0.2, 0.25) is 0 Å². The van der Waals surface area contributed by atoms with Gasteiger partial charge in [-0.15, -0.1) is 0 Å². The van der Waals surface area contributed by atoms with Gasteiger partial charge >= 0.3 is 5.97 Å². The number of carboxylic acids is 1. The third kappa shape index (κ3) is 3.54. The van der Waals surface area contributed by atoms with Crippen molar-refractivity contribution in [2.24, 2.45) is 5.10 Å². The molecule has 0 atom stereocenters. The van der Waals surface area contributed by atoms with Crippen LogP contribution >= 0.6 is 0 Å². The number of amides is 1. The largest absolute Gasteiger partial charge is 0.478 e. The van der Waals surface area contributed by atoms with Gasteiger partial charge in [0.1, 0.15) is 5.82 Å². The van der Waals surface area contributed by atoms with Gasteiger partial charge < -0.3 is 5.11 Å². The Morgan fingerprint density at radius 2 is 1.77 bits per heavy atom. The second-order valence-corrected chi connectivity index (χ2v) is 4.48. The summed E-state index contributed by atoms with van der Waals surface area (Å²) in [6.07, 6.45) is 1.39. The Bertz CT molecular complexity index is 726. The molecule has 0 saturated carbocycles. The van der Waals surface area contributed by atoms with E-state index in [1.54, 1.807) is 18.2 Å². The van der Waals surface area contributed by atoms with Gasteiger partial charge in [0.05, 0.1) is 17.3 Å². The number of benzene rings is 2. The molecule has 112 valence electrons. The number of rotatable bonds is 4. The lowest BCUT2D eigenvalue weighted by molar-refractivity contribution is 0.0696. The maximum absolute atomic E-state index is 13.5. The summed E-state index contributed by atoms with van der Waals surface area (Å²) in [6, 6.07) is 11.6. The van der Waals surface area contributed by atoms with Crippen molar-refractivity contribution in [3.8, 4) is 0 Å². The minimum Gasteiger partial charge on any atom is -0.478 e. The molecule has 0 heterocycles. The molecule has 0 saturated heterocycles. The van der Waals surface area contributed by atoms with E-state index in [0.29, 0.717) is 5.56 Å². The van der Waals surface area contributed by atoms with E-state index in [9.17, 15) is 14.0 Å². The van der Waals surface area contributed by atoms with Gasteiger partial charge in [0.15, 0.2) is 0 Å². The SMILES string of the molecule is CN(/N=C/c1ccc(C(=O)O)cc1)C(=O)c1ccccc1F. The Labute approximate surface area is 126 Å². The molecule has 0 aliphatic rings. The summed E-state index contributed by atoms with van der Waals surface area (Å²) in [6.45, 7) is 0. The van der Waals surface area contributed by atoms with E-state index < -0.39 is 17.7 Å². The molecule has 0 unspecified atom stereocenters. The van der Waals surface area contributed by atoms with Crippen LogP contribution in [-0.2, 0) is 0 Å². The summed E-state index contributed by atoms with van der Waals surface area (Å²) in [5.74, 6) is -2.20. The number of carboxylic acid groups (broad SMARTS) is 1. The Kier molecular flexibility index (Phi) is 4.63. The monoisotopic (exact) mass is 300 g/mol. The number of halogens is 1. The third-order valence-electron chi connectivity index (χ3n) is 2.94. The van der Waals surface area contributed by atoms with Crippen LogP contribution < -0.4 is 0 Å². The Morgan fingerprint density at radius 3 is 2.36 bits per heavy atom. The summed E-state index contributed by atoms with van der Waals surface area (Å²) in [7, 11) is 1.41. The van der Waals surface area contributed by atoms with Gasteiger partial charge in [-0.25, -0.2) is 14.2 Å². The molecule has 0 aliphatic carbocycles. The number of hydrazone groups is 1. The Morgan fingerprint density at radius 1 is 1.14 bits per heavy atom. The number of carbonyl (C=O) groups is 2. The molecule has 1 amide bonds. The van der Waals surface area contributed by atoms with Crippen LogP contribution in [0.25, 0.3) is 0 Å². The fraction of sp³-hybridized carbons (Fsp3) is 0.0625. The highest BCUT2D eigenvalue weighted by atomic mass is 19.1. The van der Waals surface area contributed by atoms with Gasteiger partial charge in [-0.1, -0.05) is 24.3 Å². The first-order valence-corrected chi connectivity index (χ1v) is 6.39. The summed E-state index contributed by atoms with van der Waals surface area (Å²) >= 11 is 0. The predicted molar refractivity (Wildman–Crippen MR) is 79.5 cm³/mol. The summed E-state index contributed by atoms with van der Waals surface area (Å²) in [4.78, 5) is 22.8. The number of nitrogens with zero attached hydrogens (tertiary/aromatic N) is 2. The zero-order chi connectivity index (χ0) is 16.1. The van der Waals surface area contributed by atoms with Crippen molar-refractivity contribution in [1.29, 1.82) is 0 Å². The highest BCUT2D eigenvalue weighted by molar-refractivity contribution is 5.95. The van der Waals surface area contributed by atoms with Crippen LogP contribution in [0.15, 0.2) is 53.6 Å². The van der Waals surface area contributed by atoms with Crippen molar-refractivity contribution >= 4 is 18.1 Å². The summed E-state index contributed by atoms with van der Waals surface area (Å²) in [5.41, 5.74) is 0.717. The second-order valence-electron chi connectivity index (χ2n) is 4.48. The average molecular weight is 300 g/mol. The van der Waals surface area contributed by atoms with Gasteiger partial charge in [-0.05, 0) is 29.8 Å². The maximum atomic E-state index is 13.5. The van der Waals surface area contributed by atoms with Crippen LogP contribution in [0.4, 0.5) is 4.39 Å². The smallest absolute Gasteiger partial charge is 0.335 e. The predicted octanol–water partition coefficient (Wildman–Crippen LogP) is 2.63. The van der Waals surface area contributed by atoms with E-state index in [1.807, 2.05) is 0 Å². The van der Waals surface area contributed by atoms with E-state index in [1.165, 1.54) is 43.6 Å². The van der Waals surface area contributed by atoms with E-state index in [4.69, 9.17) is 5.11 Å². The van der Waals surface area contributed by atoms with Gasteiger partial charge in [0.25, 0.3) is 5.91 Å². The lowest BCUT2D eigenvalue weighted by Gasteiger charge is -2.11. The number of hydrogen-bond acceptors (Lipinski definition) is 3. The molecule has 22 heavy (non-hydrogen) atoms. The van der Waals surface area contributed by atoms with Gasteiger partial charge in [-0.3, -0.25) is 4.79 Å². The first kappa shape index (κ1) is 15.4. The molecule has 1 N–H and O–H groups in total. The second kappa shape index (κ2) is 6.62. The Hall–Kier alpha value is -3.02.